The molecule has 1 unspecified atom stereocenters. The summed E-state index contributed by atoms with van der Waals surface area (Å²) >= 11 is 1.70. The second-order valence-electron chi connectivity index (χ2n) is 7.40. The molecule has 160 valence electrons. The number of nitrogens with zero attached hydrogens (tertiary/aromatic N) is 3. The van der Waals surface area contributed by atoms with Gasteiger partial charge < -0.3 is 10.1 Å². The maximum absolute atomic E-state index is 14.4. The highest BCUT2D eigenvalue weighted by Crippen LogP contribution is 2.28. The maximum atomic E-state index is 14.4. The van der Waals surface area contributed by atoms with Gasteiger partial charge in [0, 0.05) is 34.8 Å². The quantitative estimate of drug-likeness (QED) is 0.409. The minimum atomic E-state index is -0.312. The third-order valence-electron chi connectivity index (χ3n) is 5.20. The highest BCUT2D eigenvalue weighted by molar-refractivity contribution is 7.11. The van der Waals surface area contributed by atoms with E-state index in [0.29, 0.717) is 12.2 Å². The molecule has 0 fully saturated rings. The fraction of sp³-hybridized carbons (Fsp3) is 0.250. The standard InChI is InChI=1S/C24H25FN4OS/c1-15(23-16(2)31-17(3)27-23)26-13-19-14-29(22-8-6-5-7-21(22)25)28-24(19)18-9-11-20(30-4)12-10-18/h5-12,14-15,26H,13H2,1-4H3. The number of thiazole rings is 1. The van der Waals surface area contributed by atoms with Crippen molar-refractivity contribution in [3.8, 4) is 22.7 Å². The van der Waals surface area contributed by atoms with E-state index in [2.05, 4.69) is 24.1 Å². The number of ether oxygens (including phenoxy) is 1. The van der Waals surface area contributed by atoms with Crippen LogP contribution in [-0.4, -0.2) is 21.9 Å². The number of rotatable bonds is 7. The number of hydrogen-bond donors (Lipinski definition) is 1. The molecule has 0 aliphatic carbocycles. The first kappa shape index (κ1) is 21.2. The van der Waals surface area contributed by atoms with Gasteiger partial charge in [0.05, 0.1) is 23.5 Å². The number of nitrogens with one attached hydrogen (secondary N) is 1. The zero-order valence-corrected chi connectivity index (χ0v) is 18.8. The fourth-order valence-electron chi connectivity index (χ4n) is 3.60. The molecule has 2 aromatic heterocycles. The Bertz CT molecular complexity index is 1180. The van der Waals surface area contributed by atoms with Crippen LogP contribution in [0.15, 0.2) is 54.7 Å². The van der Waals surface area contributed by atoms with Crippen LogP contribution in [0.5, 0.6) is 5.75 Å². The van der Waals surface area contributed by atoms with E-state index in [1.54, 1.807) is 41.3 Å². The van der Waals surface area contributed by atoms with Gasteiger partial charge in [0.2, 0.25) is 0 Å². The summed E-state index contributed by atoms with van der Waals surface area (Å²) in [5.74, 6) is 0.465. The molecule has 5 nitrogen and oxygen atoms in total. The molecule has 0 saturated carbocycles. The van der Waals surface area contributed by atoms with Gasteiger partial charge in [0.15, 0.2) is 0 Å². The molecule has 4 aromatic rings. The van der Waals surface area contributed by atoms with Crippen LogP contribution >= 0.6 is 11.3 Å². The Morgan fingerprint density at radius 1 is 1.13 bits per heavy atom. The Kier molecular flexibility index (Phi) is 6.15. The van der Waals surface area contributed by atoms with Gasteiger partial charge in [-0.05, 0) is 57.2 Å². The van der Waals surface area contributed by atoms with E-state index < -0.39 is 0 Å². The lowest BCUT2D eigenvalue weighted by molar-refractivity contribution is 0.415. The molecule has 2 heterocycles. The molecule has 0 aliphatic heterocycles. The average molecular weight is 437 g/mol. The average Bonchev–Trinajstić information content (AvgIpc) is 3.35. The van der Waals surface area contributed by atoms with Gasteiger partial charge in [-0.1, -0.05) is 12.1 Å². The first-order valence-electron chi connectivity index (χ1n) is 10.1. The Morgan fingerprint density at radius 2 is 1.87 bits per heavy atom. The minimum Gasteiger partial charge on any atom is -0.497 e. The van der Waals surface area contributed by atoms with Crippen molar-refractivity contribution >= 4 is 11.3 Å². The van der Waals surface area contributed by atoms with E-state index >= 15 is 0 Å². The van der Waals surface area contributed by atoms with Crippen LogP contribution < -0.4 is 10.1 Å². The van der Waals surface area contributed by atoms with E-state index in [1.165, 1.54) is 10.9 Å². The molecule has 0 aliphatic rings. The summed E-state index contributed by atoms with van der Waals surface area (Å²) in [5, 5.41) is 9.34. The van der Waals surface area contributed by atoms with Crippen molar-refractivity contribution in [2.24, 2.45) is 0 Å². The van der Waals surface area contributed by atoms with Gasteiger partial charge in [-0.3, -0.25) is 0 Å². The highest BCUT2D eigenvalue weighted by Gasteiger charge is 2.17. The Balaban J connectivity index is 1.67. The van der Waals surface area contributed by atoms with Gasteiger partial charge in [0.1, 0.15) is 17.3 Å². The van der Waals surface area contributed by atoms with Gasteiger partial charge in [-0.15, -0.1) is 11.3 Å². The molecule has 4 rings (SSSR count). The predicted molar refractivity (Wildman–Crippen MR) is 122 cm³/mol. The number of aryl methyl sites for hydroxylation is 2. The summed E-state index contributed by atoms with van der Waals surface area (Å²) in [6.07, 6.45) is 1.89. The van der Waals surface area contributed by atoms with Crippen molar-refractivity contribution in [2.45, 2.75) is 33.4 Å². The molecule has 0 spiro atoms. The Hall–Kier alpha value is -3.03. The van der Waals surface area contributed by atoms with Crippen LogP contribution in [0.2, 0.25) is 0 Å². The van der Waals surface area contributed by atoms with Crippen molar-refractivity contribution in [1.29, 1.82) is 0 Å². The van der Waals surface area contributed by atoms with Crippen molar-refractivity contribution in [3.05, 3.63) is 81.7 Å². The summed E-state index contributed by atoms with van der Waals surface area (Å²) in [5.41, 5.74) is 4.21. The highest BCUT2D eigenvalue weighted by atomic mass is 32.1. The smallest absolute Gasteiger partial charge is 0.148 e. The molecule has 0 saturated heterocycles. The molecular weight excluding hydrogens is 411 g/mol. The second-order valence-corrected chi connectivity index (χ2v) is 8.81. The van der Waals surface area contributed by atoms with Crippen LogP contribution in [0.4, 0.5) is 4.39 Å². The first-order chi connectivity index (χ1) is 15.0. The first-order valence-corrected chi connectivity index (χ1v) is 10.9. The van der Waals surface area contributed by atoms with E-state index in [1.807, 2.05) is 37.4 Å². The summed E-state index contributed by atoms with van der Waals surface area (Å²) < 4.78 is 21.3. The number of aromatic nitrogens is 3. The zero-order valence-electron chi connectivity index (χ0n) is 18.0. The molecular formula is C24H25FN4OS. The van der Waals surface area contributed by atoms with Crippen molar-refractivity contribution in [2.75, 3.05) is 7.11 Å². The van der Waals surface area contributed by atoms with E-state index in [9.17, 15) is 4.39 Å². The minimum absolute atomic E-state index is 0.0884. The number of benzene rings is 2. The topological polar surface area (TPSA) is 52.0 Å². The van der Waals surface area contributed by atoms with Crippen molar-refractivity contribution in [1.82, 2.24) is 20.1 Å². The number of halogens is 1. The van der Waals surface area contributed by atoms with E-state index in [4.69, 9.17) is 9.84 Å². The zero-order chi connectivity index (χ0) is 22.0. The molecule has 31 heavy (non-hydrogen) atoms. The molecule has 1 N–H and O–H groups in total. The van der Waals surface area contributed by atoms with Crippen LogP contribution in [0, 0.1) is 19.7 Å². The van der Waals surface area contributed by atoms with Crippen LogP contribution in [0.1, 0.15) is 34.1 Å². The normalized spacial score (nSPS) is 12.2. The lowest BCUT2D eigenvalue weighted by atomic mass is 10.1. The Morgan fingerprint density at radius 3 is 2.52 bits per heavy atom. The van der Waals surface area contributed by atoms with Crippen LogP contribution in [0.25, 0.3) is 16.9 Å². The largest absolute Gasteiger partial charge is 0.497 e. The number of hydrogen-bond acceptors (Lipinski definition) is 5. The van der Waals surface area contributed by atoms with Crippen molar-refractivity contribution < 1.29 is 9.13 Å². The molecule has 0 bridgehead atoms. The van der Waals surface area contributed by atoms with Gasteiger partial charge in [0.25, 0.3) is 0 Å². The summed E-state index contributed by atoms with van der Waals surface area (Å²) in [4.78, 5) is 5.88. The van der Waals surface area contributed by atoms with Gasteiger partial charge >= 0.3 is 0 Å². The third kappa shape index (κ3) is 4.52. The van der Waals surface area contributed by atoms with Crippen molar-refractivity contribution in [3.63, 3.8) is 0 Å². The fourth-order valence-corrected chi connectivity index (χ4v) is 4.51. The lowest BCUT2D eigenvalue weighted by Crippen LogP contribution is -2.19. The summed E-state index contributed by atoms with van der Waals surface area (Å²) in [6, 6.07) is 14.5. The van der Waals surface area contributed by atoms with Crippen LogP contribution in [0.3, 0.4) is 0 Å². The van der Waals surface area contributed by atoms with E-state index in [-0.39, 0.29) is 11.9 Å². The molecule has 1 atom stereocenters. The molecule has 0 radical (unpaired) electrons. The lowest BCUT2D eigenvalue weighted by Gasteiger charge is -2.13. The van der Waals surface area contributed by atoms with Gasteiger partial charge in [-0.2, -0.15) is 5.10 Å². The summed E-state index contributed by atoms with van der Waals surface area (Å²) in [7, 11) is 1.64. The summed E-state index contributed by atoms with van der Waals surface area (Å²) in [6.45, 7) is 6.80. The SMILES string of the molecule is COc1ccc(-c2nn(-c3ccccc3F)cc2CNC(C)c2nc(C)sc2C)cc1. The molecule has 2 aromatic carbocycles. The molecule has 7 heteroatoms. The number of methoxy groups -OCH3 is 1. The van der Waals surface area contributed by atoms with E-state index in [0.717, 1.165) is 33.3 Å². The third-order valence-corrected chi connectivity index (χ3v) is 6.10. The van der Waals surface area contributed by atoms with Crippen LogP contribution in [-0.2, 0) is 6.54 Å². The second kappa shape index (κ2) is 8.99. The van der Waals surface area contributed by atoms with Gasteiger partial charge in [-0.25, -0.2) is 14.1 Å². The molecule has 0 amide bonds. The number of para-hydroxylation sites is 1. The Labute approximate surface area is 185 Å². The maximum Gasteiger partial charge on any atom is 0.148 e. The monoisotopic (exact) mass is 436 g/mol. The predicted octanol–water partition coefficient (Wildman–Crippen LogP) is 5.61.